The molecule has 0 amide bonds. The maximum absolute atomic E-state index is 15.1. The Kier molecular flexibility index (Phi) is 7.02. The molecule has 0 bridgehead atoms. The Morgan fingerprint density at radius 1 is 0.897 bits per heavy atom. The minimum Gasteiger partial charge on any atom is -0.206 e. The van der Waals surface area contributed by atoms with Gasteiger partial charge in [-0.05, 0) is 74.0 Å². The lowest BCUT2D eigenvalue weighted by Gasteiger charge is -2.29. The summed E-state index contributed by atoms with van der Waals surface area (Å²) in [7, 11) is 0. The van der Waals surface area contributed by atoms with E-state index in [4.69, 9.17) is 0 Å². The third-order valence-electron chi connectivity index (χ3n) is 6.33. The predicted octanol–water partition coefficient (Wildman–Crippen LogP) is 8.01. The Bertz CT molecular complexity index is 797. The highest BCUT2D eigenvalue weighted by molar-refractivity contribution is 5.38. The van der Waals surface area contributed by atoms with Crippen molar-refractivity contribution in [2.45, 2.75) is 77.3 Å². The second-order valence-electron chi connectivity index (χ2n) is 8.49. The van der Waals surface area contributed by atoms with Crippen molar-refractivity contribution in [3.8, 4) is 0 Å². The van der Waals surface area contributed by atoms with Gasteiger partial charge in [-0.25, -0.2) is 4.39 Å². The highest BCUT2D eigenvalue weighted by Crippen LogP contribution is 2.42. The summed E-state index contributed by atoms with van der Waals surface area (Å²) >= 11 is 0. The van der Waals surface area contributed by atoms with Crippen molar-refractivity contribution in [2.24, 2.45) is 5.92 Å². The number of benzene rings is 2. The minimum atomic E-state index is -4.68. The van der Waals surface area contributed by atoms with Crippen LogP contribution in [0.4, 0.5) is 17.6 Å². The summed E-state index contributed by atoms with van der Waals surface area (Å²) in [4.78, 5) is 0. The number of alkyl halides is 3. The van der Waals surface area contributed by atoms with Crippen LogP contribution in [0.15, 0.2) is 36.4 Å². The molecular formula is C25H30F4. The van der Waals surface area contributed by atoms with Crippen LogP contribution in [0.5, 0.6) is 0 Å². The molecular weight excluding hydrogens is 376 g/mol. The fourth-order valence-electron chi connectivity index (χ4n) is 4.67. The molecule has 29 heavy (non-hydrogen) atoms. The Morgan fingerprint density at radius 2 is 1.55 bits per heavy atom. The van der Waals surface area contributed by atoms with Crippen LogP contribution in [0.1, 0.15) is 79.2 Å². The molecule has 158 valence electrons. The fraction of sp³-hybridized carbons (Fsp3) is 0.520. The molecule has 0 saturated heterocycles. The molecule has 4 heteroatoms. The van der Waals surface area contributed by atoms with E-state index in [0.717, 1.165) is 49.7 Å². The van der Waals surface area contributed by atoms with Crippen LogP contribution in [0, 0.1) is 18.7 Å². The number of hydrogen-bond donors (Lipinski definition) is 0. The molecule has 0 N–H and O–H groups in total. The van der Waals surface area contributed by atoms with E-state index in [9.17, 15) is 13.2 Å². The molecule has 1 saturated carbocycles. The highest BCUT2D eigenvalue weighted by Gasteiger charge is 2.39. The van der Waals surface area contributed by atoms with E-state index in [1.54, 1.807) is 6.07 Å². The van der Waals surface area contributed by atoms with Gasteiger partial charge in [0.25, 0.3) is 0 Å². The normalized spacial score (nSPS) is 20.1. The van der Waals surface area contributed by atoms with E-state index in [1.165, 1.54) is 6.07 Å². The average molecular weight is 407 g/mol. The van der Waals surface area contributed by atoms with Crippen molar-refractivity contribution < 1.29 is 17.6 Å². The van der Waals surface area contributed by atoms with Crippen LogP contribution >= 0.6 is 0 Å². The summed E-state index contributed by atoms with van der Waals surface area (Å²) in [5.41, 5.74) is 1.32. The third-order valence-corrected chi connectivity index (χ3v) is 6.33. The van der Waals surface area contributed by atoms with Crippen LogP contribution in [-0.2, 0) is 19.0 Å². The molecule has 1 aliphatic rings. The van der Waals surface area contributed by atoms with E-state index in [1.807, 2.05) is 31.2 Å². The Labute approximate surface area is 171 Å². The summed E-state index contributed by atoms with van der Waals surface area (Å²) in [6.07, 6.45) is 1.76. The van der Waals surface area contributed by atoms with Crippen molar-refractivity contribution in [3.05, 3.63) is 70.0 Å². The van der Waals surface area contributed by atoms with Gasteiger partial charge in [-0.3, -0.25) is 0 Å². The van der Waals surface area contributed by atoms with Gasteiger partial charge in [0.15, 0.2) is 0 Å². The second-order valence-corrected chi connectivity index (χ2v) is 8.49. The number of rotatable bonds is 6. The molecule has 0 aromatic heterocycles. The van der Waals surface area contributed by atoms with Crippen molar-refractivity contribution >= 4 is 0 Å². The van der Waals surface area contributed by atoms with Crippen molar-refractivity contribution in [2.75, 3.05) is 0 Å². The molecule has 3 rings (SSSR count). The topological polar surface area (TPSA) is 0 Å². The SMILES string of the molecule is CCCC1CCC(c2ccc(CCc3ccc(C)cc3)c(C(F)(F)F)c2F)CC1. The van der Waals surface area contributed by atoms with Gasteiger partial charge in [0.2, 0.25) is 0 Å². The molecule has 0 unspecified atom stereocenters. The van der Waals surface area contributed by atoms with Gasteiger partial charge in [-0.2, -0.15) is 13.2 Å². The van der Waals surface area contributed by atoms with Gasteiger partial charge in [0.1, 0.15) is 5.82 Å². The predicted molar refractivity (Wildman–Crippen MR) is 110 cm³/mol. The second kappa shape index (κ2) is 9.32. The zero-order valence-corrected chi connectivity index (χ0v) is 17.3. The summed E-state index contributed by atoms with van der Waals surface area (Å²) in [6, 6.07) is 10.8. The standard InChI is InChI=1S/C25H30F4/c1-3-4-18-9-12-20(13-10-18)22-16-15-21(23(24(22)26)25(27,28)29)14-11-19-7-5-17(2)6-8-19/h5-8,15-16,18,20H,3-4,9-14H2,1-2H3. The van der Waals surface area contributed by atoms with E-state index < -0.39 is 17.6 Å². The Morgan fingerprint density at radius 3 is 2.14 bits per heavy atom. The van der Waals surface area contributed by atoms with Gasteiger partial charge in [0, 0.05) is 0 Å². The third kappa shape index (κ3) is 5.40. The lowest BCUT2D eigenvalue weighted by atomic mass is 9.76. The van der Waals surface area contributed by atoms with Gasteiger partial charge in [-0.1, -0.05) is 61.7 Å². The molecule has 0 radical (unpaired) electrons. The monoisotopic (exact) mass is 406 g/mol. The number of aryl methyl sites for hydroxylation is 3. The molecule has 0 atom stereocenters. The molecule has 0 heterocycles. The van der Waals surface area contributed by atoms with Crippen LogP contribution in [-0.4, -0.2) is 0 Å². The first kappa shape index (κ1) is 21.9. The van der Waals surface area contributed by atoms with Gasteiger partial charge in [0.05, 0.1) is 5.56 Å². The van der Waals surface area contributed by atoms with Gasteiger partial charge >= 0.3 is 6.18 Å². The molecule has 0 nitrogen and oxygen atoms in total. The zero-order chi connectivity index (χ0) is 21.0. The molecule has 2 aromatic carbocycles. The number of halogens is 4. The van der Waals surface area contributed by atoms with Crippen LogP contribution < -0.4 is 0 Å². The first-order valence-corrected chi connectivity index (χ1v) is 10.7. The van der Waals surface area contributed by atoms with Crippen LogP contribution in [0.2, 0.25) is 0 Å². The molecule has 2 aromatic rings. The molecule has 0 spiro atoms. The summed E-state index contributed by atoms with van der Waals surface area (Å²) in [5.74, 6) is -0.511. The van der Waals surface area contributed by atoms with Gasteiger partial charge in [-0.15, -0.1) is 0 Å². The molecule has 0 aliphatic heterocycles. The van der Waals surface area contributed by atoms with Crippen LogP contribution in [0.3, 0.4) is 0 Å². The van der Waals surface area contributed by atoms with E-state index in [0.29, 0.717) is 12.3 Å². The van der Waals surface area contributed by atoms with Crippen LogP contribution in [0.25, 0.3) is 0 Å². The maximum atomic E-state index is 15.1. The largest absolute Gasteiger partial charge is 0.419 e. The number of hydrogen-bond acceptors (Lipinski definition) is 0. The van der Waals surface area contributed by atoms with Crippen molar-refractivity contribution in [1.29, 1.82) is 0 Å². The lowest BCUT2D eigenvalue weighted by Crippen LogP contribution is -2.18. The quantitative estimate of drug-likeness (QED) is 0.426. The van der Waals surface area contributed by atoms with E-state index in [2.05, 4.69) is 6.92 Å². The van der Waals surface area contributed by atoms with E-state index >= 15 is 4.39 Å². The smallest absolute Gasteiger partial charge is 0.206 e. The van der Waals surface area contributed by atoms with Gasteiger partial charge < -0.3 is 0 Å². The summed E-state index contributed by atoms with van der Waals surface area (Å²) in [5, 5.41) is 0. The van der Waals surface area contributed by atoms with E-state index in [-0.39, 0.29) is 23.5 Å². The average Bonchev–Trinajstić information content (AvgIpc) is 2.67. The van der Waals surface area contributed by atoms with Crippen molar-refractivity contribution in [1.82, 2.24) is 0 Å². The maximum Gasteiger partial charge on any atom is 0.419 e. The summed E-state index contributed by atoms with van der Waals surface area (Å²) in [6.45, 7) is 4.12. The Hall–Kier alpha value is -1.84. The molecule has 1 aliphatic carbocycles. The minimum absolute atomic E-state index is 0.0546. The lowest BCUT2D eigenvalue weighted by molar-refractivity contribution is -0.140. The zero-order valence-electron chi connectivity index (χ0n) is 17.3. The molecule has 1 fully saturated rings. The first-order valence-electron chi connectivity index (χ1n) is 10.7. The van der Waals surface area contributed by atoms with Crippen molar-refractivity contribution in [3.63, 3.8) is 0 Å². The first-order chi connectivity index (χ1) is 13.8. The summed E-state index contributed by atoms with van der Waals surface area (Å²) < 4.78 is 56.4. The highest BCUT2D eigenvalue weighted by atomic mass is 19.4. The fourth-order valence-corrected chi connectivity index (χ4v) is 4.67. The Balaban J connectivity index is 1.81.